The number of likely N-dealkylation sites (tertiary alicyclic amines) is 1. The zero-order valence-corrected chi connectivity index (χ0v) is 13.4. The fourth-order valence-electron chi connectivity index (χ4n) is 3.45. The van der Waals surface area contributed by atoms with Crippen LogP contribution in [0.5, 0.6) is 0 Å². The van der Waals surface area contributed by atoms with Crippen molar-refractivity contribution in [3.05, 3.63) is 46.8 Å². The number of fused-ring (bicyclic) bond motifs is 1. The van der Waals surface area contributed by atoms with Crippen LogP contribution >= 0.6 is 0 Å². The lowest BCUT2D eigenvalue weighted by Gasteiger charge is -2.38. The summed E-state index contributed by atoms with van der Waals surface area (Å²) in [5.74, 6) is 0.0702. The topological polar surface area (TPSA) is 68.3 Å². The first-order valence-electron chi connectivity index (χ1n) is 8.21. The Morgan fingerprint density at radius 2 is 2.09 bits per heavy atom. The van der Waals surface area contributed by atoms with Gasteiger partial charge in [-0.05, 0) is 38.3 Å². The molecule has 1 aliphatic rings. The van der Waals surface area contributed by atoms with Gasteiger partial charge in [-0.2, -0.15) is 0 Å². The lowest BCUT2D eigenvalue weighted by atomic mass is 9.97. The van der Waals surface area contributed by atoms with Crippen molar-refractivity contribution in [2.75, 3.05) is 6.54 Å². The van der Waals surface area contributed by atoms with E-state index in [1.165, 1.54) is 6.07 Å². The number of pyridine rings is 1. The standard InChI is InChI=1S/C18H23N3O2/c1-13(19)15-7-4-5-10-21(15)18(23)12-20-11-9-17(22)14-6-2-3-8-16(14)20/h2-3,6,8-9,11,13,15H,4-5,7,10,12,19H2,1H3/t13-,15-/m1/s1. The second-order valence-corrected chi connectivity index (χ2v) is 6.33. The first-order valence-corrected chi connectivity index (χ1v) is 8.21. The molecule has 0 unspecified atom stereocenters. The maximum absolute atomic E-state index is 12.8. The van der Waals surface area contributed by atoms with Gasteiger partial charge in [0.05, 0.1) is 5.52 Å². The minimum absolute atomic E-state index is 0.0178. The number of rotatable bonds is 3. The third-order valence-electron chi connectivity index (χ3n) is 4.67. The molecule has 2 heterocycles. The van der Waals surface area contributed by atoms with Crippen LogP contribution in [0.25, 0.3) is 10.9 Å². The second-order valence-electron chi connectivity index (χ2n) is 6.33. The lowest BCUT2D eigenvalue weighted by Crippen LogP contribution is -2.52. The van der Waals surface area contributed by atoms with Gasteiger partial charge in [-0.15, -0.1) is 0 Å². The Hall–Kier alpha value is -2.14. The number of para-hydroxylation sites is 1. The van der Waals surface area contributed by atoms with E-state index in [0.29, 0.717) is 5.39 Å². The van der Waals surface area contributed by atoms with Crippen LogP contribution in [0.4, 0.5) is 0 Å². The molecule has 0 saturated carbocycles. The quantitative estimate of drug-likeness (QED) is 0.938. The van der Waals surface area contributed by atoms with E-state index < -0.39 is 0 Å². The fourth-order valence-corrected chi connectivity index (χ4v) is 3.45. The van der Waals surface area contributed by atoms with Crippen LogP contribution in [0.3, 0.4) is 0 Å². The highest BCUT2D eigenvalue weighted by Gasteiger charge is 2.29. The monoisotopic (exact) mass is 313 g/mol. The third-order valence-corrected chi connectivity index (χ3v) is 4.67. The van der Waals surface area contributed by atoms with Crippen LogP contribution in [0.15, 0.2) is 41.3 Å². The predicted octanol–water partition coefficient (Wildman–Crippen LogP) is 1.73. The molecule has 2 aromatic rings. The highest BCUT2D eigenvalue weighted by Crippen LogP contribution is 2.20. The SMILES string of the molecule is C[C@@H](N)[C@H]1CCCCN1C(=O)Cn1ccc(=O)c2ccccc21. The number of carbonyl (C=O) groups is 1. The first-order chi connectivity index (χ1) is 11.1. The number of benzene rings is 1. The summed E-state index contributed by atoms with van der Waals surface area (Å²) in [5.41, 5.74) is 6.83. The summed E-state index contributed by atoms with van der Waals surface area (Å²) in [5, 5.41) is 0.644. The van der Waals surface area contributed by atoms with Crippen LogP contribution in [-0.2, 0) is 11.3 Å². The summed E-state index contributed by atoms with van der Waals surface area (Å²) in [6, 6.07) is 9.01. The van der Waals surface area contributed by atoms with Gasteiger partial charge in [0.1, 0.15) is 6.54 Å². The molecule has 0 bridgehead atoms. The molecule has 2 N–H and O–H groups in total. The van der Waals surface area contributed by atoms with Crippen molar-refractivity contribution < 1.29 is 4.79 Å². The van der Waals surface area contributed by atoms with Crippen LogP contribution in [0, 0.1) is 0 Å². The van der Waals surface area contributed by atoms with Gasteiger partial charge < -0.3 is 15.2 Å². The Labute approximate surface area is 135 Å². The molecule has 1 fully saturated rings. The minimum atomic E-state index is -0.0231. The Bertz CT molecular complexity index is 766. The summed E-state index contributed by atoms with van der Waals surface area (Å²) < 4.78 is 1.85. The van der Waals surface area contributed by atoms with Crippen molar-refractivity contribution >= 4 is 16.8 Å². The van der Waals surface area contributed by atoms with Crippen molar-refractivity contribution in [1.82, 2.24) is 9.47 Å². The van der Waals surface area contributed by atoms with Gasteiger partial charge in [-0.1, -0.05) is 12.1 Å². The van der Waals surface area contributed by atoms with Crippen LogP contribution in [-0.4, -0.2) is 34.0 Å². The number of hydrogen-bond acceptors (Lipinski definition) is 3. The van der Waals surface area contributed by atoms with Gasteiger partial charge in [0, 0.05) is 36.3 Å². The molecule has 0 radical (unpaired) electrons. The molecule has 2 atom stereocenters. The first kappa shape index (κ1) is 15.7. The summed E-state index contributed by atoms with van der Waals surface area (Å²) in [4.78, 5) is 26.6. The second kappa shape index (κ2) is 6.54. The van der Waals surface area contributed by atoms with Crippen LogP contribution in [0.1, 0.15) is 26.2 Å². The number of nitrogens with zero attached hydrogens (tertiary/aromatic N) is 2. The molecule has 1 saturated heterocycles. The number of nitrogens with two attached hydrogens (primary N) is 1. The third kappa shape index (κ3) is 3.15. The summed E-state index contributed by atoms with van der Waals surface area (Å²) in [6.07, 6.45) is 4.82. The van der Waals surface area contributed by atoms with E-state index in [1.807, 2.05) is 34.6 Å². The Kier molecular flexibility index (Phi) is 4.48. The minimum Gasteiger partial charge on any atom is -0.338 e. The zero-order valence-electron chi connectivity index (χ0n) is 13.4. The van der Waals surface area contributed by atoms with Gasteiger partial charge in [-0.25, -0.2) is 0 Å². The number of carbonyl (C=O) groups excluding carboxylic acids is 1. The number of aromatic nitrogens is 1. The molecular formula is C18H23N3O2. The average molecular weight is 313 g/mol. The molecular weight excluding hydrogens is 290 g/mol. The van der Waals surface area contributed by atoms with Gasteiger partial charge in [0.15, 0.2) is 5.43 Å². The molecule has 5 heteroatoms. The zero-order chi connectivity index (χ0) is 16.4. The number of amides is 1. The lowest BCUT2D eigenvalue weighted by molar-refractivity contribution is -0.135. The molecule has 122 valence electrons. The normalized spacial score (nSPS) is 19.7. The average Bonchev–Trinajstić information content (AvgIpc) is 2.57. The van der Waals surface area contributed by atoms with Crippen molar-refractivity contribution in [1.29, 1.82) is 0 Å². The van der Waals surface area contributed by atoms with E-state index in [4.69, 9.17) is 5.73 Å². The van der Waals surface area contributed by atoms with E-state index in [2.05, 4.69) is 0 Å². The summed E-state index contributed by atoms with van der Waals surface area (Å²) in [7, 11) is 0. The smallest absolute Gasteiger partial charge is 0.242 e. The van der Waals surface area contributed by atoms with Crippen LogP contribution < -0.4 is 11.2 Å². The van der Waals surface area contributed by atoms with Gasteiger partial charge >= 0.3 is 0 Å². The van der Waals surface area contributed by atoms with E-state index in [9.17, 15) is 9.59 Å². The van der Waals surface area contributed by atoms with Crippen molar-refractivity contribution in [2.45, 2.75) is 44.8 Å². The maximum Gasteiger partial charge on any atom is 0.242 e. The van der Waals surface area contributed by atoms with E-state index >= 15 is 0 Å². The Morgan fingerprint density at radius 3 is 2.87 bits per heavy atom. The Morgan fingerprint density at radius 1 is 1.30 bits per heavy atom. The highest BCUT2D eigenvalue weighted by atomic mass is 16.2. The molecule has 23 heavy (non-hydrogen) atoms. The van der Waals surface area contributed by atoms with Crippen molar-refractivity contribution in [3.63, 3.8) is 0 Å². The Balaban J connectivity index is 1.88. The van der Waals surface area contributed by atoms with Crippen molar-refractivity contribution in [3.8, 4) is 0 Å². The molecule has 1 aromatic heterocycles. The van der Waals surface area contributed by atoms with E-state index in [1.54, 1.807) is 12.3 Å². The number of piperidine rings is 1. The predicted molar refractivity (Wildman–Crippen MR) is 91.2 cm³/mol. The largest absolute Gasteiger partial charge is 0.338 e. The van der Waals surface area contributed by atoms with E-state index in [-0.39, 0.29) is 30.0 Å². The fraction of sp³-hybridized carbons (Fsp3) is 0.444. The van der Waals surface area contributed by atoms with Gasteiger partial charge in [0.25, 0.3) is 0 Å². The van der Waals surface area contributed by atoms with Crippen LogP contribution in [0.2, 0.25) is 0 Å². The molecule has 5 nitrogen and oxygen atoms in total. The van der Waals surface area contributed by atoms with Gasteiger partial charge in [0.2, 0.25) is 5.91 Å². The molecule has 3 rings (SSSR count). The maximum atomic E-state index is 12.8. The molecule has 0 spiro atoms. The summed E-state index contributed by atoms with van der Waals surface area (Å²) in [6.45, 7) is 2.97. The van der Waals surface area contributed by atoms with E-state index in [0.717, 1.165) is 31.3 Å². The summed E-state index contributed by atoms with van der Waals surface area (Å²) >= 11 is 0. The molecule has 1 amide bonds. The highest BCUT2D eigenvalue weighted by molar-refractivity contribution is 5.82. The molecule has 1 aromatic carbocycles. The molecule has 0 aliphatic carbocycles. The van der Waals surface area contributed by atoms with Gasteiger partial charge in [-0.3, -0.25) is 9.59 Å². The van der Waals surface area contributed by atoms with Crippen molar-refractivity contribution in [2.24, 2.45) is 5.73 Å². The number of hydrogen-bond donors (Lipinski definition) is 1. The molecule has 1 aliphatic heterocycles.